The first kappa shape index (κ1) is 19.8. The highest BCUT2D eigenvalue weighted by atomic mass is 32.1. The molecule has 0 bridgehead atoms. The molecule has 6 nitrogen and oxygen atoms in total. The van der Waals surface area contributed by atoms with E-state index in [0.717, 1.165) is 29.4 Å². The van der Waals surface area contributed by atoms with E-state index in [2.05, 4.69) is 16.8 Å². The van der Waals surface area contributed by atoms with E-state index in [1.807, 2.05) is 30.5 Å². The Kier molecular flexibility index (Phi) is 5.37. The van der Waals surface area contributed by atoms with Crippen LogP contribution in [-0.4, -0.2) is 28.6 Å². The van der Waals surface area contributed by atoms with E-state index in [9.17, 15) is 9.59 Å². The lowest BCUT2D eigenvalue weighted by Gasteiger charge is -2.29. The average molecular weight is 420 g/mol. The van der Waals surface area contributed by atoms with E-state index in [1.165, 1.54) is 12.0 Å². The second kappa shape index (κ2) is 8.12. The van der Waals surface area contributed by atoms with E-state index < -0.39 is 11.8 Å². The summed E-state index contributed by atoms with van der Waals surface area (Å²) in [6.07, 6.45) is 4.59. The van der Waals surface area contributed by atoms with E-state index >= 15 is 0 Å². The largest absolute Gasteiger partial charge is 0.495 e. The normalized spacial score (nSPS) is 15.7. The second-order valence-electron chi connectivity index (χ2n) is 6.92. The van der Waals surface area contributed by atoms with Gasteiger partial charge < -0.3 is 9.30 Å². The molecule has 4 rings (SSSR count). The summed E-state index contributed by atoms with van der Waals surface area (Å²) in [5.41, 5.74) is 2.38. The zero-order valence-electron chi connectivity index (χ0n) is 16.7. The summed E-state index contributed by atoms with van der Waals surface area (Å²) < 4.78 is 7.51. The van der Waals surface area contributed by atoms with Gasteiger partial charge in [0.05, 0.1) is 12.8 Å². The predicted molar refractivity (Wildman–Crippen MR) is 121 cm³/mol. The zero-order valence-corrected chi connectivity index (χ0v) is 17.5. The summed E-state index contributed by atoms with van der Waals surface area (Å²) in [7, 11) is 1.52. The lowest BCUT2D eigenvalue weighted by molar-refractivity contribution is -0.122. The van der Waals surface area contributed by atoms with Crippen LogP contribution in [0.25, 0.3) is 17.0 Å². The molecule has 1 aliphatic heterocycles. The lowest BCUT2D eigenvalue weighted by atomic mass is 10.1. The number of thiocarbonyl (C=S) groups is 1. The number of para-hydroxylation sites is 3. The van der Waals surface area contributed by atoms with Gasteiger partial charge in [0.25, 0.3) is 11.8 Å². The number of aromatic nitrogens is 1. The molecule has 0 atom stereocenters. The molecule has 1 aromatic heterocycles. The van der Waals surface area contributed by atoms with E-state index in [1.54, 1.807) is 30.3 Å². The number of nitrogens with one attached hydrogen (secondary N) is 1. The Morgan fingerprint density at radius 1 is 1.10 bits per heavy atom. The van der Waals surface area contributed by atoms with E-state index in [0.29, 0.717) is 11.4 Å². The molecule has 0 saturated carbocycles. The van der Waals surface area contributed by atoms with Gasteiger partial charge in [0, 0.05) is 29.2 Å². The quantitative estimate of drug-likeness (QED) is 0.387. The minimum Gasteiger partial charge on any atom is -0.495 e. The van der Waals surface area contributed by atoms with Crippen LogP contribution in [0.2, 0.25) is 0 Å². The van der Waals surface area contributed by atoms with Crippen molar-refractivity contribution in [1.82, 2.24) is 9.88 Å². The van der Waals surface area contributed by atoms with Gasteiger partial charge in [-0.05, 0) is 42.9 Å². The highest BCUT2D eigenvalue weighted by molar-refractivity contribution is 7.80. The summed E-state index contributed by atoms with van der Waals surface area (Å²) >= 11 is 5.29. The summed E-state index contributed by atoms with van der Waals surface area (Å²) in [5, 5.41) is 3.64. The van der Waals surface area contributed by atoms with Crippen LogP contribution in [0.15, 0.2) is 60.3 Å². The Bertz CT molecular complexity index is 1200. The molecule has 7 heteroatoms. The van der Waals surface area contributed by atoms with Gasteiger partial charge in [0.2, 0.25) is 0 Å². The molecule has 30 heavy (non-hydrogen) atoms. The first-order valence-corrected chi connectivity index (χ1v) is 10.1. The van der Waals surface area contributed by atoms with Gasteiger partial charge >= 0.3 is 0 Å². The molecule has 152 valence electrons. The van der Waals surface area contributed by atoms with Crippen molar-refractivity contribution in [2.45, 2.75) is 19.9 Å². The van der Waals surface area contributed by atoms with Crippen molar-refractivity contribution in [3.05, 3.63) is 65.9 Å². The average Bonchev–Trinajstić information content (AvgIpc) is 3.09. The monoisotopic (exact) mass is 419 g/mol. The molecule has 2 aromatic carbocycles. The fourth-order valence-electron chi connectivity index (χ4n) is 3.66. The van der Waals surface area contributed by atoms with Crippen molar-refractivity contribution in [1.29, 1.82) is 0 Å². The number of methoxy groups -OCH3 is 1. The van der Waals surface area contributed by atoms with Crippen molar-refractivity contribution >= 4 is 51.8 Å². The van der Waals surface area contributed by atoms with Crippen molar-refractivity contribution in [3.8, 4) is 5.75 Å². The van der Waals surface area contributed by atoms with Crippen LogP contribution in [0.5, 0.6) is 5.75 Å². The van der Waals surface area contributed by atoms with Gasteiger partial charge in [-0.1, -0.05) is 37.3 Å². The summed E-state index contributed by atoms with van der Waals surface area (Å²) in [5.74, 6) is -0.507. The number of ether oxygens (including phenoxy) is 1. The van der Waals surface area contributed by atoms with Crippen molar-refractivity contribution in [3.63, 3.8) is 0 Å². The second-order valence-corrected chi connectivity index (χ2v) is 7.31. The molecule has 2 heterocycles. The van der Waals surface area contributed by atoms with Gasteiger partial charge in [0.15, 0.2) is 5.11 Å². The zero-order chi connectivity index (χ0) is 21.3. The third-order valence-corrected chi connectivity index (χ3v) is 5.30. The number of amides is 2. The molecule has 1 aliphatic rings. The van der Waals surface area contributed by atoms with Crippen LogP contribution in [0.3, 0.4) is 0 Å². The number of anilines is 1. The van der Waals surface area contributed by atoms with Gasteiger partial charge in [-0.25, -0.2) is 4.90 Å². The Balaban J connectivity index is 1.82. The standard InChI is InChI=1S/C23H21N3O3S/c1-3-12-25-14-15(16-8-4-5-9-18(16)25)13-17-21(27)24-23(30)26(22(17)28)19-10-6-7-11-20(19)29-2/h4-11,13-14H,3,12H2,1-2H3,(H,24,27,30). The number of fused-ring (bicyclic) bond motifs is 1. The Morgan fingerprint density at radius 3 is 2.60 bits per heavy atom. The van der Waals surface area contributed by atoms with Crippen LogP contribution in [0.4, 0.5) is 5.69 Å². The predicted octanol–water partition coefficient (Wildman–Crippen LogP) is 3.89. The minimum absolute atomic E-state index is 0.0221. The molecule has 0 aliphatic carbocycles. The van der Waals surface area contributed by atoms with Crippen LogP contribution >= 0.6 is 12.2 Å². The Hall–Kier alpha value is -3.45. The fourth-order valence-corrected chi connectivity index (χ4v) is 3.94. The van der Waals surface area contributed by atoms with Crippen LogP contribution in [0.1, 0.15) is 18.9 Å². The highest BCUT2D eigenvalue weighted by Gasteiger charge is 2.36. The number of hydrogen-bond acceptors (Lipinski definition) is 4. The van der Waals surface area contributed by atoms with Crippen molar-refractivity contribution in [2.24, 2.45) is 0 Å². The Morgan fingerprint density at radius 2 is 1.83 bits per heavy atom. The number of benzene rings is 2. The highest BCUT2D eigenvalue weighted by Crippen LogP contribution is 2.31. The number of rotatable bonds is 5. The number of aryl methyl sites for hydroxylation is 1. The van der Waals surface area contributed by atoms with Gasteiger partial charge in [-0.2, -0.15) is 0 Å². The molecular weight excluding hydrogens is 398 g/mol. The molecule has 1 N–H and O–H groups in total. The summed E-state index contributed by atoms with van der Waals surface area (Å²) in [6, 6.07) is 15.0. The maximum atomic E-state index is 13.3. The topological polar surface area (TPSA) is 63.6 Å². The molecule has 0 radical (unpaired) electrons. The first-order chi connectivity index (χ1) is 14.5. The molecule has 0 unspecified atom stereocenters. The summed E-state index contributed by atoms with van der Waals surface area (Å²) in [4.78, 5) is 27.3. The van der Waals surface area contributed by atoms with E-state index in [4.69, 9.17) is 17.0 Å². The number of nitrogens with zero attached hydrogens (tertiary/aromatic N) is 2. The van der Waals surface area contributed by atoms with Gasteiger partial charge in [0.1, 0.15) is 11.3 Å². The smallest absolute Gasteiger partial charge is 0.270 e. The number of carbonyl (C=O) groups excluding carboxylic acids is 2. The van der Waals surface area contributed by atoms with Crippen molar-refractivity contribution in [2.75, 3.05) is 12.0 Å². The van der Waals surface area contributed by atoms with Gasteiger partial charge in [-0.15, -0.1) is 0 Å². The Labute approximate surface area is 179 Å². The van der Waals surface area contributed by atoms with E-state index in [-0.39, 0.29) is 10.7 Å². The van der Waals surface area contributed by atoms with Crippen LogP contribution in [0, 0.1) is 0 Å². The van der Waals surface area contributed by atoms with Crippen LogP contribution < -0.4 is 15.0 Å². The summed E-state index contributed by atoms with van der Waals surface area (Å²) in [6.45, 7) is 2.96. The minimum atomic E-state index is -0.511. The molecule has 2 amide bonds. The SMILES string of the molecule is CCCn1cc(C=C2C(=O)NC(=S)N(c3ccccc3OC)C2=O)c2ccccc21. The third-order valence-electron chi connectivity index (χ3n) is 5.01. The van der Waals surface area contributed by atoms with Gasteiger partial charge in [-0.3, -0.25) is 14.9 Å². The molecular formula is C23H21N3O3S. The number of hydrogen-bond donors (Lipinski definition) is 1. The lowest BCUT2D eigenvalue weighted by Crippen LogP contribution is -2.54. The maximum Gasteiger partial charge on any atom is 0.270 e. The molecule has 0 spiro atoms. The van der Waals surface area contributed by atoms with Crippen molar-refractivity contribution < 1.29 is 14.3 Å². The number of carbonyl (C=O) groups is 2. The van der Waals surface area contributed by atoms with Crippen LogP contribution in [-0.2, 0) is 16.1 Å². The maximum absolute atomic E-state index is 13.3. The fraction of sp³-hybridized carbons (Fsp3) is 0.174. The molecule has 1 fully saturated rings. The first-order valence-electron chi connectivity index (χ1n) is 9.67. The molecule has 3 aromatic rings. The third kappa shape index (κ3) is 3.37. The molecule has 1 saturated heterocycles.